The summed E-state index contributed by atoms with van der Waals surface area (Å²) in [7, 11) is 0. The predicted molar refractivity (Wildman–Crippen MR) is 141 cm³/mol. The highest BCUT2D eigenvalue weighted by Gasteiger charge is 2.29. The van der Waals surface area contributed by atoms with Crippen LogP contribution in [-0.4, -0.2) is 42.1 Å². The summed E-state index contributed by atoms with van der Waals surface area (Å²) in [6.45, 7) is 2.65. The minimum atomic E-state index is -4.43. The highest BCUT2D eigenvalue weighted by atomic mass is 19.4. The van der Waals surface area contributed by atoms with E-state index in [1.807, 2.05) is 0 Å². The number of ketones is 1. The molecule has 1 saturated heterocycles. The summed E-state index contributed by atoms with van der Waals surface area (Å²) in [5.74, 6) is -0.893. The zero-order chi connectivity index (χ0) is 28.4. The normalized spacial score (nSPS) is 15.5. The van der Waals surface area contributed by atoms with Crippen molar-refractivity contribution in [2.24, 2.45) is 0 Å². The lowest BCUT2D eigenvalue weighted by atomic mass is 9.95. The van der Waals surface area contributed by atoms with Crippen LogP contribution >= 0.6 is 0 Å². The largest absolute Gasteiger partial charge is 0.437 e. The number of fused-ring (bicyclic) bond motifs is 1. The molecule has 4 aromatic rings. The average molecular weight is 555 g/mol. The van der Waals surface area contributed by atoms with Crippen LogP contribution in [0.15, 0.2) is 59.0 Å². The molecule has 0 saturated carbocycles. The minimum Gasteiger partial charge on any atom is -0.437 e. The number of aromatic nitrogens is 1. The van der Waals surface area contributed by atoms with Gasteiger partial charge in [0.2, 0.25) is 5.71 Å². The van der Waals surface area contributed by atoms with Crippen molar-refractivity contribution >= 4 is 22.8 Å². The Bertz CT molecular complexity index is 1550. The van der Waals surface area contributed by atoms with Crippen LogP contribution in [0, 0.1) is 5.82 Å². The fraction of sp³-hybridized carbons (Fsp3) is 0.300. The lowest BCUT2D eigenvalue weighted by Crippen LogP contribution is -2.34. The zero-order valence-electron chi connectivity index (χ0n) is 21.6. The summed E-state index contributed by atoms with van der Waals surface area (Å²) in [5.41, 5.74) is 1.93. The number of amides is 1. The molecule has 1 fully saturated rings. The van der Waals surface area contributed by atoms with Gasteiger partial charge in [0, 0.05) is 36.1 Å². The molecular weight excluding hydrogens is 528 g/mol. The quantitative estimate of drug-likeness (QED) is 0.189. The van der Waals surface area contributed by atoms with E-state index in [0.29, 0.717) is 47.3 Å². The molecule has 0 aliphatic carbocycles. The second kappa shape index (κ2) is 11.2. The monoisotopic (exact) mass is 554 g/mol. The molecule has 1 N–H and O–H groups in total. The molecule has 3 heterocycles. The molecule has 0 spiro atoms. The molecule has 6 nitrogen and oxygen atoms in total. The van der Waals surface area contributed by atoms with Crippen molar-refractivity contribution in [1.82, 2.24) is 10.3 Å². The van der Waals surface area contributed by atoms with Gasteiger partial charge in [0.1, 0.15) is 11.6 Å². The smallest absolute Gasteiger partial charge is 0.389 e. The lowest BCUT2D eigenvalue weighted by Gasteiger charge is -2.14. The SMILES string of the molecule is CCC(=O)c1c(-c2ccc(F)cc2)oc2nc(CCC(F)(F)F)c(-c3cccc(C(=O)NC4CCOC4)c3)cc12. The van der Waals surface area contributed by atoms with Crippen molar-refractivity contribution in [2.45, 2.75) is 44.8 Å². The first kappa shape index (κ1) is 27.5. The number of benzene rings is 2. The third kappa shape index (κ3) is 5.91. The van der Waals surface area contributed by atoms with Crippen LogP contribution in [0.5, 0.6) is 0 Å². The lowest BCUT2D eigenvalue weighted by molar-refractivity contribution is -0.134. The van der Waals surface area contributed by atoms with Crippen molar-refractivity contribution in [3.63, 3.8) is 0 Å². The minimum absolute atomic E-state index is 0.00665. The van der Waals surface area contributed by atoms with E-state index in [9.17, 15) is 27.2 Å². The number of nitrogens with zero attached hydrogens (tertiary/aromatic N) is 1. The summed E-state index contributed by atoms with van der Waals surface area (Å²) in [5, 5.41) is 3.23. The highest BCUT2D eigenvalue weighted by Crippen LogP contribution is 2.38. The van der Waals surface area contributed by atoms with Crippen LogP contribution in [-0.2, 0) is 11.2 Å². The molecule has 0 radical (unpaired) electrons. The van der Waals surface area contributed by atoms with E-state index < -0.39 is 24.8 Å². The van der Waals surface area contributed by atoms with Crippen LogP contribution < -0.4 is 5.32 Å². The Morgan fingerprint density at radius 2 is 1.85 bits per heavy atom. The Morgan fingerprint density at radius 3 is 2.52 bits per heavy atom. The zero-order valence-corrected chi connectivity index (χ0v) is 21.6. The van der Waals surface area contributed by atoms with Gasteiger partial charge in [-0.25, -0.2) is 9.37 Å². The molecule has 1 aliphatic heterocycles. The van der Waals surface area contributed by atoms with Crippen molar-refractivity contribution in [3.05, 3.63) is 77.2 Å². The number of carbonyl (C=O) groups is 2. The molecule has 1 atom stereocenters. The fourth-order valence-electron chi connectivity index (χ4n) is 4.76. The molecule has 2 aromatic carbocycles. The number of rotatable bonds is 8. The number of hydrogen-bond donors (Lipinski definition) is 1. The Balaban J connectivity index is 1.65. The van der Waals surface area contributed by atoms with E-state index >= 15 is 0 Å². The maximum absolute atomic E-state index is 13.6. The van der Waals surface area contributed by atoms with Crippen molar-refractivity contribution in [2.75, 3.05) is 13.2 Å². The third-order valence-electron chi connectivity index (χ3n) is 6.81. The first-order valence-corrected chi connectivity index (χ1v) is 12.9. The van der Waals surface area contributed by atoms with E-state index in [-0.39, 0.29) is 46.9 Å². The molecule has 0 bridgehead atoms. The first-order valence-electron chi connectivity index (χ1n) is 12.9. The van der Waals surface area contributed by atoms with Gasteiger partial charge in [0.25, 0.3) is 5.91 Å². The van der Waals surface area contributed by atoms with Gasteiger partial charge in [-0.2, -0.15) is 13.2 Å². The highest BCUT2D eigenvalue weighted by molar-refractivity contribution is 6.12. The maximum Gasteiger partial charge on any atom is 0.389 e. The van der Waals surface area contributed by atoms with E-state index in [2.05, 4.69) is 10.3 Å². The topological polar surface area (TPSA) is 81.4 Å². The predicted octanol–water partition coefficient (Wildman–Crippen LogP) is 6.91. The van der Waals surface area contributed by atoms with Crippen LogP contribution in [0.4, 0.5) is 17.6 Å². The standard InChI is InChI=1S/C30H26F4N2O4/c1-2-25(37)26-23-15-22(18-4-3-5-19(14-18)28(38)35-21-11-13-39-16-21)24(10-12-30(32,33)34)36-29(23)40-27(26)17-6-8-20(31)9-7-17/h3-9,14-15,21H,2,10-13,16H2,1H3,(H,35,38). The number of Topliss-reactive ketones (excluding diaryl/α,β-unsaturated/α-hetero) is 1. The molecule has 10 heteroatoms. The second-order valence-electron chi connectivity index (χ2n) is 9.66. The molecule has 1 aliphatic rings. The fourth-order valence-corrected chi connectivity index (χ4v) is 4.76. The van der Waals surface area contributed by atoms with Gasteiger partial charge < -0.3 is 14.5 Å². The summed E-state index contributed by atoms with van der Waals surface area (Å²) >= 11 is 0. The van der Waals surface area contributed by atoms with Crippen molar-refractivity contribution in [1.29, 1.82) is 0 Å². The number of pyridine rings is 1. The van der Waals surface area contributed by atoms with E-state index in [0.717, 1.165) is 0 Å². The molecule has 40 heavy (non-hydrogen) atoms. The molecule has 1 unspecified atom stereocenters. The van der Waals surface area contributed by atoms with Gasteiger partial charge in [-0.05, 0) is 60.9 Å². The number of aryl methyl sites for hydroxylation is 1. The van der Waals surface area contributed by atoms with Gasteiger partial charge in [0.05, 0.1) is 29.3 Å². The molecular formula is C30H26F4N2O4. The van der Waals surface area contributed by atoms with Gasteiger partial charge in [0.15, 0.2) is 5.78 Å². The Labute approximate surface area is 227 Å². The van der Waals surface area contributed by atoms with Gasteiger partial charge >= 0.3 is 6.18 Å². The number of nitrogens with one attached hydrogen (secondary N) is 1. The van der Waals surface area contributed by atoms with Gasteiger partial charge in [-0.3, -0.25) is 9.59 Å². The summed E-state index contributed by atoms with van der Waals surface area (Å²) < 4.78 is 64.5. The second-order valence-corrected chi connectivity index (χ2v) is 9.66. The number of furan rings is 1. The number of ether oxygens (including phenoxy) is 1. The summed E-state index contributed by atoms with van der Waals surface area (Å²) in [6.07, 6.45) is -5.15. The van der Waals surface area contributed by atoms with Crippen LogP contribution in [0.3, 0.4) is 0 Å². The molecule has 2 aromatic heterocycles. The Morgan fingerprint density at radius 1 is 1.07 bits per heavy atom. The number of alkyl halides is 3. The first-order chi connectivity index (χ1) is 19.1. The molecule has 208 valence electrons. The van der Waals surface area contributed by atoms with Gasteiger partial charge in [-0.15, -0.1) is 0 Å². The molecule has 1 amide bonds. The van der Waals surface area contributed by atoms with Gasteiger partial charge in [-0.1, -0.05) is 19.1 Å². The van der Waals surface area contributed by atoms with Crippen LogP contribution in [0.25, 0.3) is 33.6 Å². The summed E-state index contributed by atoms with van der Waals surface area (Å²) in [6, 6.07) is 13.4. The molecule has 5 rings (SSSR count). The average Bonchev–Trinajstić information content (AvgIpc) is 3.58. The van der Waals surface area contributed by atoms with Crippen molar-refractivity contribution < 1.29 is 36.3 Å². The number of halogens is 4. The van der Waals surface area contributed by atoms with Crippen LogP contribution in [0.1, 0.15) is 52.6 Å². The Kier molecular flexibility index (Phi) is 7.71. The maximum atomic E-state index is 13.6. The van der Waals surface area contributed by atoms with E-state index in [4.69, 9.17) is 9.15 Å². The van der Waals surface area contributed by atoms with E-state index in [1.54, 1.807) is 37.3 Å². The van der Waals surface area contributed by atoms with Crippen LogP contribution in [0.2, 0.25) is 0 Å². The third-order valence-corrected chi connectivity index (χ3v) is 6.81. The number of carbonyl (C=O) groups excluding carboxylic acids is 2. The number of hydrogen-bond acceptors (Lipinski definition) is 5. The van der Waals surface area contributed by atoms with Crippen molar-refractivity contribution in [3.8, 4) is 22.5 Å². The summed E-state index contributed by atoms with van der Waals surface area (Å²) in [4.78, 5) is 30.4. The Hall–Kier alpha value is -4.05. The van der Waals surface area contributed by atoms with E-state index in [1.165, 1.54) is 24.3 Å².